The van der Waals surface area contributed by atoms with E-state index in [0.29, 0.717) is 28.8 Å². The molecule has 1 atom stereocenters. The molecule has 0 saturated carbocycles. The smallest absolute Gasteiger partial charge is 0.335 e. The van der Waals surface area contributed by atoms with Crippen molar-refractivity contribution in [2.24, 2.45) is 7.05 Å². The van der Waals surface area contributed by atoms with Crippen molar-refractivity contribution in [1.29, 1.82) is 0 Å². The summed E-state index contributed by atoms with van der Waals surface area (Å²) in [7, 11) is -2.97. The third kappa shape index (κ3) is 8.13. The topological polar surface area (TPSA) is 211 Å². The van der Waals surface area contributed by atoms with Gasteiger partial charge in [0.25, 0.3) is 27.4 Å². The zero-order valence-electron chi connectivity index (χ0n) is 28.6. The van der Waals surface area contributed by atoms with E-state index in [9.17, 15) is 37.5 Å². The van der Waals surface area contributed by atoms with Crippen LogP contribution in [0.4, 0.5) is 20.2 Å². The minimum atomic E-state index is -4.47. The number of nitrogens with zero attached hydrogens (tertiary/aromatic N) is 4. The molecule has 0 aliphatic carbocycles. The fourth-order valence-electron chi connectivity index (χ4n) is 5.57. The number of aryl methyl sites for hydroxylation is 2. The Labute approximate surface area is 310 Å². The molecular weight excluding hydrogens is 741 g/mol. The predicted octanol–water partition coefficient (Wildman–Crippen LogP) is 3.63. The van der Waals surface area contributed by atoms with Gasteiger partial charge in [0.2, 0.25) is 0 Å². The second-order valence-corrected chi connectivity index (χ2v) is 13.8. The summed E-state index contributed by atoms with van der Waals surface area (Å²) in [5.41, 5.74) is -1.06. The molecule has 55 heavy (non-hydrogen) atoms. The average Bonchev–Trinajstić information content (AvgIpc) is 3.17. The van der Waals surface area contributed by atoms with Crippen molar-refractivity contribution < 1.29 is 36.7 Å². The van der Waals surface area contributed by atoms with Crippen LogP contribution >= 0.6 is 0 Å². The number of aliphatic carboxylic acids is 1. The van der Waals surface area contributed by atoms with Crippen LogP contribution in [-0.4, -0.2) is 56.5 Å². The van der Waals surface area contributed by atoms with E-state index in [1.54, 1.807) is 12.1 Å². The van der Waals surface area contributed by atoms with Crippen molar-refractivity contribution in [3.05, 3.63) is 153 Å². The number of benzene rings is 3. The summed E-state index contributed by atoms with van der Waals surface area (Å²) in [5, 5.41) is 14.8. The number of carboxylic acid groups (broad SMARTS) is 1. The van der Waals surface area contributed by atoms with Crippen molar-refractivity contribution in [3.8, 4) is 5.69 Å². The van der Waals surface area contributed by atoms with E-state index in [0.717, 1.165) is 16.7 Å². The van der Waals surface area contributed by atoms with Crippen LogP contribution in [0.5, 0.6) is 0 Å². The number of nitrogens with one attached hydrogen (secondary N) is 3. The first-order chi connectivity index (χ1) is 26.2. The number of sulfonamides is 1. The molecule has 0 bridgehead atoms. The lowest BCUT2D eigenvalue weighted by Gasteiger charge is -2.16. The third-order valence-electron chi connectivity index (χ3n) is 8.50. The molecule has 3 heterocycles. The lowest BCUT2D eigenvalue weighted by Crippen LogP contribution is -2.41. The van der Waals surface area contributed by atoms with Crippen molar-refractivity contribution in [1.82, 2.24) is 24.4 Å². The van der Waals surface area contributed by atoms with Crippen molar-refractivity contribution in [2.75, 3.05) is 10.0 Å². The minimum absolute atomic E-state index is 0.0868. The highest BCUT2D eigenvalue weighted by molar-refractivity contribution is 7.92. The summed E-state index contributed by atoms with van der Waals surface area (Å²) in [6, 6.07) is 14.8. The van der Waals surface area contributed by atoms with E-state index >= 15 is 8.78 Å². The van der Waals surface area contributed by atoms with Crippen LogP contribution in [0.25, 0.3) is 16.6 Å². The number of hydrogen-bond donors (Lipinski definition) is 4. The maximum atomic E-state index is 15.1. The first-order valence-corrected chi connectivity index (χ1v) is 17.7. The van der Waals surface area contributed by atoms with Crippen LogP contribution in [0.1, 0.15) is 32.7 Å². The average molecular weight is 770 g/mol. The predicted molar refractivity (Wildman–Crippen MR) is 196 cm³/mol. The second-order valence-electron chi connectivity index (χ2n) is 12.1. The molecular formula is C37H29F2N7O8S. The molecule has 280 valence electrons. The normalized spacial score (nSPS) is 11.8. The Morgan fingerprint density at radius 3 is 2.20 bits per heavy atom. The number of fused-ring (bicyclic) bond motifs is 1. The fraction of sp³-hybridized carbons (Fsp3) is 0.108. The lowest BCUT2D eigenvalue weighted by atomic mass is 10.0. The molecule has 15 nitrogen and oxygen atoms in total. The number of rotatable bonds is 12. The summed E-state index contributed by atoms with van der Waals surface area (Å²) in [4.78, 5) is 70.8. The van der Waals surface area contributed by atoms with Crippen LogP contribution in [-0.2, 0) is 28.3 Å². The molecule has 2 amide bonds. The van der Waals surface area contributed by atoms with E-state index < -0.39 is 68.0 Å². The Hall–Kier alpha value is -7.08. The second kappa shape index (κ2) is 15.5. The summed E-state index contributed by atoms with van der Waals surface area (Å²) < 4.78 is 60.3. The summed E-state index contributed by atoms with van der Waals surface area (Å²) in [5.74, 6) is -5.85. The van der Waals surface area contributed by atoms with Gasteiger partial charge >= 0.3 is 11.7 Å². The van der Waals surface area contributed by atoms with E-state index in [2.05, 4.69) is 20.6 Å². The molecule has 0 fully saturated rings. The molecule has 0 aliphatic rings. The number of carboxylic acids is 1. The third-order valence-corrected chi connectivity index (χ3v) is 9.88. The number of aromatic nitrogens is 4. The first kappa shape index (κ1) is 37.7. The zero-order chi connectivity index (χ0) is 39.4. The summed E-state index contributed by atoms with van der Waals surface area (Å²) in [6.07, 6.45) is 5.61. The SMILES string of the molecule is Cn1c(=O)n(-c2ccc(CC[C@H](NC(=O)c3cc(F)c(NS(=O)(=O)c4ccc(NC(=O)c5ccncc5)cc4)cc3F)C(=O)O)cc2)c(=O)c2ccncc21. The number of pyridine rings is 2. The standard InChI is InChI=1S/C37H29F2N7O8S/c1-45-32-20-41-17-14-26(32)35(49)46(37(45)52)24-7-2-21(3-8-24)4-11-30(36(50)51)43-34(48)27-18-29(39)31(19-28(27)38)44-55(53,54)25-9-5-23(6-10-25)42-33(47)22-12-15-40-16-13-22/h2-3,5-10,12-20,30,44H,4,11H2,1H3,(H,42,47)(H,43,48)(H,50,51)/t30-/m0/s1. The van der Waals surface area contributed by atoms with Crippen LogP contribution in [0.3, 0.4) is 0 Å². The maximum Gasteiger partial charge on any atom is 0.335 e. The number of carbonyl (C=O) groups is 3. The number of halogens is 2. The van der Waals surface area contributed by atoms with Gasteiger partial charge in [0, 0.05) is 43.0 Å². The first-order valence-electron chi connectivity index (χ1n) is 16.3. The Morgan fingerprint density at radius 1 is 0.855 bits per heavy atom. The van der Waals surface area contributed by atoms with Crippen LogP contribution in [0.15, 0.2) is 118 Å². The molecule has 0 aliphatic heterocycles. The van der Waals surface area contributed by atoms with E-state index in [4.69, 9.17) is 0 Å². The summed E-state index contributed by atoms with van der Waals surface area (Å²) in [6.45, 7) is 0. The molecule has 18 heteroatoms. The van der Waals surface area contributed by atoms with Gasteiger partial charge < -0.3 is 15.7 Å². The molecule has 0 radical (unpaired) electrons. The van der Waals surface area contributed by atoms with Crippen LogP contribution < -0.4 is 26.6 Å². The molecule has 0 saturated heterocycles. The van der Waals surface area contributed by atoms with Crippen LogP contribution in [0, 0.1) is 11.6 Å². The maximum absolute atomic E-state index is 15.1. The van der Waals surface area contributed by atoms with Crippen LogP contribution in [0.2, 0.25) is 0 Å². The van der Waals surface area contributed by atoms with Crippen molar-refractivity contribution in [3.63, 3.8) is 0 Å². The van der Waals surface area contributed by atoms with Gasteiger partial charge in [-0.15, -0.1) is 0 Å². The minimum Gasteiger partial charge on any atom is -0.480 e. The van der Waals surface area contributed by atoms with E-state index in [1.807, 2.05) is 4.72 Å². The molecule has 6 aromatic rings. The molecule has 3 aromatic heterocycles. The van der Waals surface area contributed by atoms with Gasteiger partial charge in [0.15, 0.2) is 0 Å². The van der Waals surface area contributed by atoms with Crippen molar-refractivity contribution in [2.45, 2.75) is 23.8 Å². The Kier molecular flexibility index (Phi) is 10.6. The number of anilines is 2. The number of carbonyl (C=O) groups excluding carboxylic acids is 2. The van der Waals surface area contributed by atoms with Gasteiger partial charge in [-0.05, 0) is 79.1 Å². The largest absolute Gasteiger partial charge is 0.480 e. The fourth-order valence-corrected chi connectivity index (χ4v) is 6.62. The molecule has 4 N–H and O–H groups in total. The quantitative estimate of drug-likeness (QED) is 0.142. The van der Waals surface area contributed by atoms with Gasteiger partial charge in [0.1, 0.15) is 17.7 Å². The Balaban J connectivity index is 1.10. The van der Waals surface area contributed by atoms with Gasteiger partial charge in [-0.25, -0.2) is 31.4 Å². The Morgan fingerprint density at radius 2 is 1.53 bits per heavy atom. The van der Waals surface area contributed by atoms with Gasteiger partial charge in [-0.2, -0.15) is 0 Å². The number of hydrogen-bond acceptors (Lipinski definition) is 9. The highest BCUT2D eigenvalue weighted by Crippen LogP contribution is 2.24. The van der Waals surface area contributed by atoms with Gasteiger partial charge in [-0.3, -0.25) is 33.6 Å². The highest BCUT2D eigenvalue weighted by atomic mass is 32.2. The highest BCUT2D eigenvalue weighted by Gasteiger charge is 2.25. The van der Waals surface area contributed by atoms with Gasteiger partial charge in [0.05, 0.1) is 38.9 Å². The lowest BCUT2D eigenvalue weighted by molar-refractivity contribution is -0.139. The summed E-state index contributed by atoms with van der Waals surface area (Å²) >= 11 is 0. The van der Waals surface area contributed by atoms with E-state index in [1.165, 1.54) is 78.9 Å². The molecule has 3 aromatic carbocycles. The monoisotopic (exact) mass is 769 g/mol. The molecule has 0 unspecified atom stereocenters. The number of amides is 2. The zero-order valence-corrected chi connectivity index (χ0v) is 29.4. The van der Waals surface area contributed by atoms with Gasteiger partial charge in [-0.1, -0.05) is 12.1 Å². The molecule has 6 rings (SSSR count). The Bertz CT molecular complexity index is 2690. The van der Waals surface area contributed by atoms with E-state index in [-0.39, 0.29) is 34.5 Å². The molecule has 0 spiro atoms. The van der Waals surface area contributed by atoms with Crippen molar-refractivity contribution >= 4 is 50.1 Å².